The van der Waals surface area contributed by atoms with Crippen LogP contribution in [0.1, 0.15) is 42.4 Å². The van der Waals surface area contributed by atoms with E-state index in [4.69, 9.17) is 14.1 Å². The van der Waals surface area contributed by atoms with Crippen LogP contribution in [0.4, 0.5) is 4.79 Å². The van der Waals surface area contributed by atoms with Gasteiger partial charge in [-0.05, 0) is 50.4 Å². The van der Waals surface area contributed by atoms with Crippen molar-refractivity contribution in [3.8, 4) is 11.6 Å². The quantitative estimate of drug-likeness (QED) is 0.606. The molecule has 12 heteroatoms. The zero-order chi connectivity index (χ0) is 25.3. The number of amides is 2. The van der Waals surface area contributed by atoms with E-state index in [1.54, 1.807) is 26.8 Å². The Bertz CT molecular complexity index is 1110. The van der Waals surface area contributed by atoms with Crippen molar-refractivity contribution in [1.82, 2.24) is 19.8 Å². The van der Waals surface area contributed by atoms with E-state index in [-0.39, 0.29) is 37.8 Å². The number of aromatic nitrogens is 2. The first-order valence-corrected chi connectivity index (χ1v) is 11.4. The largest absolute Gasteiger partial charge is 0.492 e. The molecule has 2 aliphatic heterocycles. The lowest BCUT2D eigenvalue weighted by atomic mass is 9.76. The number of carbonyl (C=O) groups is 2. The molecule has 35 heavy (non-hydrogen) atoms. The fraction of sp³-hybridized carbons (Fsp3) is 0.478. The lowest BCUT2D eigenvalue weighted by Crippen LogP contribution is -2.58. The van der Waals surface area contributed by atoms with Crippen molar-refractivity contribution >= 4 is 24.6 Å². The van der Waals surface area contributed by atoms with Gasteiger partial charge in [0.25, 0.3) is 5.91 Å². The minimum absolute atomic E-state index is 0.0935. The molecular formula is C23H29BN4O7. The number of ether oxygens (including phenoxy) is 2. The predicted molar refractivity (Wildman–Crippen MR) is 125 cm³/mol. The van der Waals surface area contributed by atoms with Crippen molar-refractivity contribution in [3.63, 3.8) is 0 Å². The number of piperazine rings is 1. The van der Waals surface area contributed by atoms with Gasteiger partial charge in [0.2, 0.25) is 5.88 Å². The number of fused-ring (bicyclic) bond motifs is 1. The lowest BCUT2D eigenvalue weighted by Gasteiger charge is -2.40. The summed E-state index contributed by atoms with van der Waals surface area (Å²) in [4.78, 5) is 36.8. The van der Waals surface area contributed by atoms with Gasteiger partial charge in [-0.25, -0.2) is 14.8 Å². The molecule has 2 amide bonds. The Hall–Kier alpha value is -3.22. The first-order valence-electron chi connectivity index (χ1n) is 11.4. The van der Waals surface area contributed by atoms with Gasteiger partial charge in [0.1, 0.15) is 17.0 Å². The molecule has 1 atom stereocenters. The maximum absolute atomic E-state index is 13.1. The zero-order valence-electron chi connectivity index (χ0n) is 20.2. The highest BCUT2D eigenvalue weighted by Gasteiger charge is 2.35. The number of aliphatic hydroxyl groups excluding tert-OH is 1. The molecule has 0 saturated carbocycles. The first kappa shape index (κ1) is 24.9. The van der Waals surface area contributed by atoms with E-state index in [1.807, 2.05) is 13.0 Å². The van der Waals surface area contributed by atoms with E-state index in [0.29, 0.717) is 17.8 Å². The standard InChI is InChI=1S/C23H29BN4O7/c1-14-18(6-5-15-13-33-24(32)20(14)15)34-19-10-25-17(9-26-19)21(30)28-8-7-27(11-16(28)12-29)22(31)35-23(2,3)4/h5-6,9-10,16,29,32H,7-8,11-13H2,1-4H3. The Morgan fingerprint density at radius 1 is 1.23 bits per heavy atom. The molecule has 4 rings (SSSR count). The lowest BCUT2D eigenvalue weighted by molar-refractivity contribution is -0.00258. The highest BCUT2D eigenvalue weighted by molar-refractivity contribution is 6.62. The van der Waals surface area contributed by atoms with E-state index in [0.717, 1.165) is 11.1 Å². The average Bonchev–Trinajstić information content (AvgIpc) is 3.20. The highest BCUT2D eigenvalue weighted by atomic mass is 16.6. The molecule has 1 aromatic heterocycles. The van der Waals surface area contributed by atoms with Crippen molar-refractivity contribution in [2.75, 3.05) is 26.2 Å². The van der Waals surface area contributed by atoms with Gasteiger partial charge in [0.15, 0.2) is 0 Å². The molecule has 0 bridgehead atoms. The van der Waals surface area contributed by atoms with Crippen LogP contribution in [0.25, 0.3) is 0 Å². The number of rotatable bonds is 4. The van der Waals surface area contributed by atoms with Crippen molar-refractivity contribution in [2.24, 2.45) is 0 Å². The van der Waals surface area contributed by atoms with Crippen LogP contribution in [0.2, 0.25) is 0 Å². The van der Waals surface area contributed by atoms with Gasteiger partial charge in [-0.2, -0.15) is 0 Å². The number of carbonyl (C=O) groups excluding carboxylic acids is 2. The van der Waals surface area contributed by atoms with Crippen LogP contribution < -0.4 is 10.2 Å². The Balaban J connectivity index is 1.42. The molecular weight excluding hydrogens is 455 g/mol. The van der Waals surface area contributed by atoms with Crippen LogP contribution >= 0.6 is 0 Å². The van der Waals surface area contributed by atoms with E-state index in [1.165, 1.54) is 22.2 Å². The fourth-order valence-electron chi connectivity index (χ4n) is 4.11. The summed E-state index contributed by atoms with van der Waals surface area (Å²) in [5, 5.41) is 19.9. The SMILES string of the molecule is Cc1c(Oc2cnc(C(=O)N3CCN(C(=O)OC(C)(C)C)CC3CO)cn2)ccc2c1B(O)OC2. The third-order valence-electron chi connectivity index (χ3n) is 5.87. The van der Waals surface area contributed by atoms with Gasteiger partial charge in [-0.1, -0.05) is 6.07 Å². The number of hydrogen-bond donors (Lipinski definition) is 2. The second kappa shape index (κ2) is 9.80. The minimum Gasteiger partial charge on any atom is -0.444 e. The number of aliphatic hydroxyl groups is 1. The number of nitrogens with zero attached hydrogens (tertiary/aromatic N) is 4. The molecule has 1 aromatic carbocycles. The maximum Gasteiger partial charge on any atom is 0.492 e. The van der Waals surface area contributed by atoms with Crippen LogP contribution in [-0.2, 0) is 16.0 Å². The molecule has 1 unspecified atom stereocenters. The van der Waals surface area contributed by atoms with Gasteiger partial charge in [0.05, 0.1) is 31.6 Å². The van der Waals surface area contributed by atoms with Crippen LogP contribution in [0.5, 0.6) is 11.6 Å². The summed E-state index contributed by atoms with van der Waals surface area (Å²) in [5.41, 5.74) is 1.78. The van der Waals surface area contributed by atoms with Gasteiger partial charge in [0, 0.05) is 19.6 Å². The molecule has 2 N–H and O–H groups in total. The molecule has 1 saturated heterocycles. The van der Waals surface area contributed by atoms with Gasteiger partial charge < -0.3 is 34.1 Å². The van der Waals surface area contributed by atoms with Crippen LogP contribution in [0.15, 0.2) is 24.5 Å². The number of hydrogen-bond acceptors (Lipinski definition) is 9. The van der Waals surface area contributed by atoms with Gasteiger partial charge >= 0.3 is 13.2 Å². The second-order valence-corrected chi connectivity index (χ2v) is 9.53. The molecule has 2 aliphatic rings. The molecule has 186 valence electrons. The smallest absolute Gasteiger partial charge is 0.444 e. The summed E-state index contributed by atoms with van der Waals surface area (Å²) >= 11 is 0. The molecule has 11 nitrogen and oxygen atoms in total. The van der Waals surface area contributed by atoms with Crippen molar-refractivity contribution in [2.45, 2.75) is 45.9 Å². The van der Waals surface area contributed by atoms with Gasteiger partial charge in [-0.3, -0.25) is 4.79 Å². The Morgan fingerprint density at radius 3 is 2.66 bits per heavy atom. The van der Waals surface area contributed by atoms with E-state index < -0.39 is 30.8 Å². The summed E-state index contributed by atoms with van der Waals surface area (Å²) in [6.45, 7) is 7.85. The summed E-state index contributed by atoms with van der Waals surface area (Å²) in [6.07, 6.45) is 2.18. The molecule has 1 fully saturated rings. The number of benzene rings is 1. The summed E-state index contributed by atoms with van der Waals surface area (Å²) in [5.74, 6) is 0.285. The van der Waals surface area contributed by atoms with Crippen LogP contribution in [-0.4, -0.2) is 86.9 Å². The second-order valence-electron chi connectivity index (χ2n) is 9.53. The maximum atomic E-state index is 13.1. The minimum atomic E-state index is -0.991. The Labute approximate surface area is 203 Å². The summed E-state index contributed by atoms with van der Waals surface area (Å²) < 4.78 is 16.5. The highest BCUT2D eigenvalue weighted by Crippen LogP contribution is 2.26. The molecule has 3 heterocycles. The third kappa shape index (κ3) is 5.39. The third-order valence-corrected chi connectivity index (χ3v) is 5.87. The topological polar surface area (TPSA) is 135 Å². The molecule has 2 aromatic rings. The van der Waals surface area contributed by atoms with Crippen LogP contribution in [0, 0.1) is 6.92 Å². The first-order chi connectivity index (χ1) is 16.6. The molecule has 0 aliphatic carbocycles. The van der Waals surface area contributed by atoms with Crippen molar-refractivity contribution in [1.29, 1.82) is 0 Å². The van der Waals surface area contributed by atoms with Crippen molar-refractivity contribution in [3.05, 3.63) is 41.3 Å². The van der Waals surface area contributed by atoms with Crippen LogP contribution in [0.3, 0.4) is 0 Å². The van der Waals surface area contributed by atoms with E-state index in [9.17, 15) is 19.7 Å². The average molecular weight is 484 g/mol. The predicted octanol–water partition coefficient (Wildman–Crippen LogP) is 0.849. The summed E-state index contributed by atoms with van der Waals surface area (Å²) in [6, 6.07) is 3.00. The summed E-state index contributed by atoms with van der Waals surface area (Å²) in [7, 11) is -0.991. The van der Waals surface area contributed by atoms with E-state index >= 15 is 0 Å². The Kier molecular flexibility index (Phi) is 6.97. The normalized spacial score (nSPS) is 17.9. The zero-order valence-corrected chi connectivity index (χ0v) is 20.2. The van der Waals surface area contributed by atoms with E-state index in [2.05, 4.69) is 9.97 Å². The fourth-order valence-corrected chi connectivity index (χ4v) is 4.11. The van der Waals surface area contributed by atoms with Crippen molar-refractivity contribution < 1.29 is 33.8 Å². The van der Waals surface area contributed by atoms with Gasteiger partial charge in [-0.15, -0.1) is 0 Å². The molecule has 0 spiro atoms. The monoisotopic (exact) mass is 484 g/mol. The molecule has 0 radical (unpaired) electrons. The Morgan fingerprint density at radius 2 is 2.00 bits per heavy atom.